The number of hydrogen-bond acceptors (Lipinski definition) is 6. The summed E-state index contributed by atoms with van der Waals surface area (Å²) in [5, 5.41) is 0. The van der Waals surface area contributed by atoms with E-state index >= 15 is 0 Å². The second-order valence-electron chi connectivity index (χ2n) is 11.7. The number of rotatable bonds is 31. The van der Waals surface area contributed by atoms with Crippen molar-refractivity contribution in [2.45, 2.75) is 168 Å². The Labute approximate surface area is 276 Å². The molecule has 1 atom stereocenters. The van der Waals surface area contributed by atoms with Gasteiger partial charge < -0.3 is 14.2 Å². The lowest BCUT2D eigenvalue weighted by Crippen LogP contribution is -2.30. The highest BCUT2D eigenvalue weighted by Crippen LogP contribution is 2.12. The largest absolute Gasteiger partial charge is 0.462 e. The van der Waals surface area contributed by atoms with Gasteiger partial charge in [-0.1, -0.05) is 121 Å². The minimum atomic E-state index is -0.794. The first-order valence-corrected chi connectivity index (χ1v) is 18.1. The van der Waals surface area contributed by atoms with E-state index < -0.39 is 6.10 Å². The van der Waals surface area contributed by atoms with Crippen LogP contribution >= 0.6 is 0 Å². The predicted octanol–water partition coefficient (Wildman–Crippen LogP) is 10.9. The van der Waals surface area contributed by atoms with Crippen LogP contribution < -0.4 is 0 Å². The van der Waals surface area contributed by atoms with Crippen molar-refractivity contribution in [2.75, 3.05) is 13.2 Å². The molecule has 6 nitrogen and oxygen atoms in total. The zero-order chi connectivity index (χ0) is 33.1. The van der Waals surface area contributed by atoms with E-state index in [1.807, 2.05) is 0 Å². The average molecular weight is 631 g/mol. The van der Waals surface area contributed by atoms with E-state index in [0.29, 0.717) is 19.3 Å². The second kappa shape index (κ2) is 34.2. The van der Waals surface area contributed by atoms with Crippen molar-refractivity contribution in [3.05, 3.63) is 48.6 Å². The molecule has 0 aliphatic heterocycles. The average Bonchev–Trinajstić information content (AvgIpc) is 3.03. The number of allylic oxidation sites excluding steroid dienone is 8. The number of hydrogen-bond donors (Lipinski definition) is 0. The van der Waals surface area contributed by atoms with Gasteiger partial charge in [-0.3, -0.25) is 14.4 Å². The van der Waals surface area contributed by atoms with Crippen molar-refractivity contribution < 1.29 is 28.6 Å². The molecule has 1 unspecified atom stereocenters. The maximum absolute atomic E-state index is 12.5. The van der Waals surface area contributed by atoms with Crippen molar-refractivity contribution in [1.29, 1.82) is 0 Å². The predicted molar refractivity (Wildman–Crippen MR) is 187 cm³/mol. The Kier molecular flexibility index (Phi) is 32.2. The zero-order valence-corrected chi connectivity index (χ0v) is 29.1. The molecule has 0 aliphatic carbocycles. The molecule has 0 aromatic heterocycles. The minimum absolute atomic E-state index is 0.0967. The summed E-state index contributed by atoms with van der Waals surface area (Å²) < 4.78 is 16.4. The normalized spacial score (nSPS) is 12.5. The topological polar surface area (TPSA) is 78.9 Å². The van der Waals surface area contributed by atoms with E-state index in [-0.39, 0.29) is 37.5 Å². The fraction of sp³-hybridized carbons (Fsp3) is 0.718. The lowest BCUT2D eigenvalue weighted by Gasteiger charge is -2.18. The van der Waals surface area contributed by atoms with Crippen LogP contribution in [0.4, 0.5) is 0 Å². The van der Waals surface area contributed by atoms with Crippen LogP contribution in [0.25, 0.3) is 0 Å². The maximum Gasteiger partial charge on any atom is 0.306 e. The summed E-state index contributed by atoms with van der Waals surface area (Å²) in [4.78, 5) is 37.2. The van der Waals surface area contributed by atoms with Gasteiger partial charge in [-0.15, -0.1) is 0 Å². The first-order chi connectivity index (χ1) is 22.0. The van der Waals surface area contributed by atoms with Gasteiger partial charge in [0.25, 0.3) is 0 Å². The molecule has 258 valence electrons. The van der Waals surface area contributed by atoms with Gasteiger partial charge in [-0.05, 0) is 70.6 Å². The Morgan fingerprint density at radius 2 is 0.867 bits per heavy atom. The highest BCUT2D eigenvalue weighted by molar-refractivity contribution is 5.71. The third-order valence-electron chi connectivity index (χ3n) is 7.33. The number of unbranched alkanes of at least 4 members (excludes halogenated alkanes) is 12. The van der Waals surface area contributed by atoms with Gasteiger partial charge in [0.05, 0.1) is 0 Å². The Hall–Kier alpha value is -2.63. The van der Waals surface area contributed by atoms with E-state index in [9.17, 15) is 14.4 Å². The van der Waals surface area contributed by atoms with Crippen molar-refractivity contribution in [1.82, 2.24) is 0 Å². The van der Waals surface area contributed by atoms with E-state index in [1.165, 1.54) is 38.5 Å². The summed E-state index contributed by atoms with van der Waals surface area (Å²) in [5.74, 6) is -0.988. The summed E-state index contributed by atoms with van der Waals surface area (Å²) in [6.07, 6.45) is 36.9. The molecular weight excluding hydrogens is 564 g/mol. The molecule has 0 saturated carbocycles. The number of carbonyl (C=O) groups is 3. The van der Waals surface area contributed by atoms with Gasteiger partial charge in [-0.25, -0.2) is 0 Å². The lowest BCUT2D eigenvalue weighted by molar-refractivity contribution is -0.167. The van der Waals surface area contributed by atoms with E-state index in [4.69, 9.17) is 14.2 Å². The summed E-state index contributed by atoms with van der Waals surface area (Å²) >= 11 is 0. The molecule has 0 radical (unpaired) electrons. The first-order valence-electron chi connectivity index (χ1n) is 18.1. The monoisotopic (exact) mass is 630 g/mol. The minimum Gasteiger partial charge on any atom is -0.462 e. The van der Waals surface area contributed by atoms with Crippen LogP contribution in [0.5, 0.6) is 0 Å². The molecule has 0 aromatic rings. The van der Waals surface area contributed by atoms with Crippen molar-refractivity contribution in [3.63, 3.8) is 0 Å². The fourth-order valence-electron chi connectivity index (χ4n) is 4.63. The molecule has 0 N–H and O–H groups in total. The molecule has 0 spiro atoms. The van der Waals surface area contributed by atoms with Crippen molar-refractivity contribution in [2.24, 2.45) is 0 Å². The van der Waals surface area contributed by atoms with Gasteiger partial charge in [0.15, 0.2) is 6.10 Å². The summed E-state index contributed by atoms with van der Waals surface area (Å²) in [5.41, 5.74) is 0. The molecule has 0 heterocycles. The quantitative estimate of drug-likeness (QED) is 0.0328. The fourth-order valence-corrected chi connectivity index (χ4v) is 4.63. The van der Waals surface area contributed by atoms with Crippen LogP contribution in [-0.2, 0) is 28.6 Å². The van der Waals surface area contributed by atoms with Gasteiger partial charge in [0.2, 0.25) is 0 Å². The molecule has 0 bridgehead atoms. The summed E-state index contributed by atoms with van der Waals surface area (Å²) in [6, 6.07) is 0. The molecule has 0 saturated heterocycles. The standard InChI is InChI=1S/C39H66O6/c1-4-7-10-13-16-19-22-25-28-31-37(40)43-34-36(45-39(42)33-30-27-24-21-18-15-12-9-6-3)35-44-38(41)32-29-26-23-20-17-14-11-8-5-2/h7,9-10,12,16,18-19,21,36H,4-6,8,11,13-15,17,20,22-35H2,1-3H3/b10-7-,12-9-,19-16-,21-18-. The molecule has 0 aromatic carbocycles. The van der Waals surface area contributed by atoms with E-state index in [0.717, 1.165) is 77.0 Å². The number of esters is 3. The second-order valence-corrected chi connectivity index (χ2v) is 11.7. The third kappa shape index (κ3) is 32.6. The van der Waals surface area contributed by atoms with Crippen LogP contribution in [0.3, 0.4) is 0 Å². The number of carbonyl (C=O) groups excluding carboxylic acids is 3. The third-order valence-corrected chi connectivity index (χ3v) is 7.33. The number of ether oxygens (including phenoxy) is 3. The Balaban J connectivity index is 4.47. The molecule has 0 rings (SSSR count). The molecule has 0 fully saturated rings. The molecule has 0 aliphatic rings. The van der Waals surface area contributed by atoms with Crippen LogP contribution in [0, 0.1) is 0 Å². The molecular formula is C39H66O6. The SMILES string of the molecule is CC/C=C\C/C=C\CCCCC(=O)OCC(COC(=O)CCCCCCCCCCC)OC(=O)CCCC/C=C\C/C=C\CC. The molecule has 0 amide bonds. The highest BCUT2D eigenvalue weighted by atomic mass is 16.6. The van der Waals surface area contributed by atoms with Crippen molar-refractivity contribution >= 4 is 17.9 Å². The maximum atomic E-state index is 12.5. The zero-order valence-electron chi connectivity index (χ0n) is 29.1. The summed E-state index contributed by atoms with van der Waals surface area (Å²) in [7, 11) is 0. The lowest BCUT2D eigenvalue weighted by atomic mass is 10.1. The van der Waals surface area contributed by atoms with Crippen LogP contribution in [-0.4, -0.2) is 37.2 Å². The molecule has 6 heteroatoms. The van der Waals surface area contributed by atoms with Crippen molar-refractivity contribution in [3.8, 4) is 0 Å². The van der Waals surface area contributed by atoms with E-state index in [2.05, 4.69) is 69.4 Å². The van der Waals surface area contributed by atoms with Crippen LogP contribution in [0.15, 0.2) is 48.6 Å². The summed E-state index contributed by atoms with van der Waals surface area (Å²) in [6.45, 7) is 6.26. The Morgan fingerprint density at radius 3 is 1.33 bits per heavy atom. The smallest absolute Gasteiger partial charge is 0.306 e. The first kappa shape index (κ1) is 42.4. The van der Waals surface area contributed by atoms with Crippen LogP contribution in [0.1, 0.15) is 162 Å². The van der Waals surface area contributed by atoms with Gasteiger partial charge in [0, 0.05) is 19.3 Å². The molecule has 45 heavy (non-hydrogen) atoms. The highest BCUT2D eigenvalue weighted by Gasteiger charge is 2.19. The van der Waals surface area contributed by atoms with Crippen LogP contribution in [0.2, 0.25) is 0 Å². The van der Waals surface area contributed by atoms with Gasteiger partial charge >= 0.3 is 17.9 Å². The Morgan fingerprint density at radius 1 is 0.467 bits per heavy atom. The Bertz CT molecular complexity index is 825. The van der Waals surface area contributed by atoms with E-state index in [1.54, 1.807) is 0 Å². The van der Waals surface area contributed by atoms with Gasteiger partial charge in [0.1, 0.15) is 13.2 Å². The van der Waals surface area contributed by atoms with Gasteiger partial charge in [-0.2, -0.15) is 0 Å².